The number of carbonyl (C=O) groups excluding carboxylic acids is 1. The molecular formula is C12H19N3O. The number of pyridine rings is 1. The Morgan fingerprint density at radius 2 is 2.12 bits per heavy atom. The van der Waals surface area contributed by atoms with E-state index in [9.17, 15) is 4.79 Å². The summed E-state index contributed by atoms with van der Waals surface area (Å²) in [5.74, 6) is 0.0130. The van der Waals surface area contributed by atoms with Crippen molar-refractivity contribution in [2.24, 2.45) is 11.7 Å². The Labute approximate surface area is 96.5 Å². The molecule has 1 rings (SSSR count). The summed E-state index contributed by atoms with van der Waals surface area (Å²) in [6, 6.07) is 3.93. The van der Waals surface area contributed by atoms with E-state index < -0.39 is 0 Å². The topological polar surface area (TPSA) is 59.2 Å². The highest BCUT2D eigenvalue weighted by atomic mass is 16.2. The summed E-state index contributed by atoms with van der Waals surface area (Å²) in [6.07, 6.45) is 4.38. The molecule has 0 spiro atoms. The molecule has 0 aliphatic carbocycles. The Morgan fingerprint density at radius 1 is 1.50 bits per heavy atom. The van der Waals surface area contributed by atoms with Crippen LogP contribution < -0.4 is 5.73 Å². The van der Waals surface area contributed by atoms with Crippen molar-refractivity contribution in [3.05, 3.63) is 30.1 Å². The van der Waals surface area contributed by atoms with Gasteiger partial charge in [-0.3, -0.25) is 9.78 Å². The van der Waals surface area contributed by atoms with Crippen LogP contribution >= 0.6 is 0 Å². The van der Waals surface area contributed by atoms with E-state index in [-0.39, 0.29) is 11.8 Å². The van der Waals surface area contributed by atoms with Crippen molar-refractivity contribution in [3.8, 4) is 0 Å². The van der Waals surface area contributed by atoms with Crippen LogP contribution in [0.4, 0.5) is 0 Å². The maximum Gasteiger partial charge on any atom is 0.226 e. The van der Waals surface area contributed by atoms with Gasteiger partial charge in [0, 0.05) is 38.4 Å². The molecule has 0 bridgehead atoms. The van der Waals surface area contributed by atoms with Gasteiger partial charge in [-0.25, -0.2) is 0 Å². The summed E-state index contributed by atoms with van der Waals surface area (Å²) in [5, 5.41) is 0. The van der Waals surface area contributed by atoms with Gasteiger partial charge in [-0.2, -0.15) is 0 Å². The first kappa shape index (κ1) is 12.6. The van der Waals surface area contributed by atoms with Crippen LogP contribution in [0.15, 0.2) is 24.5 Å². The number of nitrogens with zero attached hydrogens (tertiary/aromatic N) is 2. The summed E-state index contributed by atoms with van der Waals surface area (Å²) in [4.78, 5) is 17.4. The molecule has 0 fully saturated rings. The molecule has 1 aromatic rings. The summed E-state index contributed by atoms with van der Waals surface area (Å²) < 4.78 is 0. The van der Waals surface area contributed by atoms with Crippen molar-refractivity contribution in [2.45, 2.75) is 13.3 Å². The van der Waals surface area contributed by atoms with Gasteiger partial charge in [-0.05, 0) is 24.1 Å². The molecule has 1 atom stereocenters. The lowest BCUT2D eigenvalue weighted by Gasteiger charge is -2.20. The number of rotatable bonds is 5. The largest absolute Gasteiger partial charge is 0.345 e. The highest BCUT2D eigenvalue weighted by Gasteiger charge is 2.15. The molecule has 0 saturated heterocycles. The molecular weight excluding hydrogens is 202 g/mol. The van der Waals surface area contributed by atoms with E-state index in [0.29, 0.717) is 13.1 Å². The monoisotopic (exact) mass is 221 g/mol. The van der Waals surface area contributed by atoms with Crippen molar-refractivity contribution in [2.75, 3.05) is 20.1 Å². The molecule has 1 aromatic heterocycles. The van der Waals surface area contributed by atoms with Crippen LogP contribution in [0.1, 0.15) is 12.5 Å². The van der Waals surface area contributed by atoms with Gasteiger partial charge in [0.05, 0.1) is 0 Å². The van der Waals surface area contributed by atoms with Crippen LogP contribution in [0.3, 0.4) is 0 Å². The summed E-state index contributed by atoms with van der Waals surface area (Å²) in [6.45, 7) is 2.97. The predicted octanol–water partition coefficient (Wildman–Crippen LogP) is 0.677. The van der Waals surface area contributed by atoms with E-state index >= 15 is 0 Å². The first-order valence-electron chi connectivity index (χ1n) is 5.49. The molecule has 0 aliphatic rings. The van der Waals surface area contributed by atoms with Crippen molar-refractivity contribution < 1.29 is 4.79 Å². The van der Waals surface area contributed by atoms with Gasteiger partial charge < -0.3 is 10.6 Å². The lowest BCUT2D eigenvalue weighted by molar-refractivity contribution is -0.133. The summed E-state index contributed by atoms with van der Waals surface area (Å²) >= 11 is 0. The Kier molecular flexibility index (Phi) is 4.92. The zero-order valence-corrected chi connectivity index (χ0v) is 9.89. The Bertz CT molecular complexity index is 326. The van der Waals surface area contributed by atoms with E-state index in [1.807, 2.05) is 26.1 Å². The molecule has 16 heavy (non-hydrogen) atoms. The molecule has 1 heterocycles. The third-order valence-electron chi connectivity index (χ3n) is 2.64. The number of carbonyl (C=O) groups is 1. The zero-order chi connectivity index (χ0) is 12.0. The highest BCUT2D eigenvalue weighted by Crippen LogP contribution is 2.02. The fraction of sp³-hybridized carbons (Fsp3) is 0.500. The minimum Gasteiger partial charge on any atom is -0.345 e. The molecule has 0 radical (unpaired) electrons. The number of likely N-dealkylation sites (N-methyl/N-ethyl adjacent to an activating group) is 1. The van der Waals surface area contributed by atoms with Crippen LogP contribution in [0, 0.1) is 5.92 Å². The van der Waals surface area contributed by atoms with Crippen molar-refractivity contribution in [3.63, 3.8) is 0 Å². The quantitative estimate of drug-likeness (QED) is 0.795. The van der Waals surface area contributed by atoms with Crippen LogP contribution in [0.25, 0.3) is 0 Å². The molecule has 4 heteroatoms. The molecule has 1 unspecified atom stereocenters. The third kappa shape index (κ3) is 3.62. The minimum atomic E-state index is -0.0950. The van der Waals surface area contributed by atoms with E-state index in [0.717, 1.165) is 6.42 Å². The second-order valence-corrected chi connectivity index (χ2v) is 4.00. The highest BCUT2D eigenvalue weighted by molar-refractivity contribution is 5.78. The van der Waals surface area contributed by atoms with E-state index in [1.165, 1.54) is 5.56 Å². The van der Waals surface area contributed by atoms with Gasteiger partial charge in [0.25, 0.3) is 0 Å². The van der Waals surface area contributed by atoms with Crippen molar-refractivity contribution in [1.82, 2.24) is 9.88 Å². The average molecular weight is 221 g/mol. The van der Waals surface area contributed by atoms with Crippen molar-refractivity contribution in [1.29, 1.82) is 0 Å². The lowest BCUT2D eigenvalue weighted by atomic mass is 10.1. The smallest absolute Gasteiger partial charge is 0.226 e. The molecule has 0 saturated carbocycles. The Balaban J connectivity index is 2.41. The van der Waals surface area contributed by atoms with Gasteiger partial charge in [0.2, 0.25) is 5.91 Å². The Morgan fingerprint density at radius 3 is 2.69 bits per heavy atom. The molecule has 2 N–H and O–H groups in total. The minimum absolute atomic E-state index is 0.0950. The predicted molar refractivity (Wildman–Crippen MR) is 63.8 cm³/mol. The van der Waals surface area contributed by atoms with E-state index in [2.05, 4.69) is 4.98 Å². The SMILES string of the molecule is CC(CN)C(=O)N(C)CCc1ccncc1. The average Bonchev–Trinajstić information content (AvgIpc) is 2.35. The van der Waals surface area contributed by atoms with E-state index in [1.54, 1.807) is 17.3 Å². The number of hydrogen-bond donors (Lipinski definition) is 1. The zero-order valence-electron chi connectivity index (χ0n) is 9.89. The first-order chi connectivity index (χ1) is 7.65. The van der Waals surface area contributed by atoms with Crippen LogP contribution in [0.5, 0.6) is 0 Å². The standard InChI is InChI=1S/C12H19N3O/c1-10(9-13)12(16)15(2)8-5-11-3-6-14-7-4-11/h3-4,6-7,10H,5,8-9,13H2,1-2H3. The maximum atomic E-state index is 11.7. The first-order valence-corrected chi connectivity index (χ1v) is 5.49. The Hall–Kier alpha value is -1.42. The van der Waals surface area contributed by atoms with Crippen LogP contribution in [-0.2, 0) is 11.2 Å². The fourth-order valence-corrected chi connectivity index (χ4v) is 1.43. The molecule has 0 aromatic carbocycles. The number of nitrogens with two attached hydrogens (primary N) is 1. The van der Waals surface area contributed by atoms with E-state index in [4.69, 9.17) is 5.73 Å². The lowest BCUT2D eigenvalue weighted by Crippen LogP contribution is -2.36. The molecule has 1 amide bonds. The fourth-order valence-electron chi connectivity index (χ4n) is 1.43. The van der Waals surface area contributed by atoms with Gasteiger partial charge in [-0.15, -0.1) is 0 Å². The van der Waals surface area contributed by atoms with Crippen molar-refractivity contribution >= 4 is 5.91 Å². The second kappa shape index (κ2) is 6.23. The molecule has 88 valence electrons. The summed E-state index contributed by atoms with van der Waals surface area (Å²) in [7, 11) is 1.82. The number of amides is 1. The second-order valence-electron chi connectivity index (χ2n) is 4.00. The number of aromatic nitrogens is 1. The number of hydrogen-bond acceptors (Lipinski definition) is 3. The molecule has 4 nitrogen and oxygen atoms in total. The van der Waals surface area contributed by atoms with Gasteiger partial charge in [0.15, 0.2) is 0 Å². The normalized spacial score (nSPS) is 12.2. The van der Waals surface area contributed by atoms with Crippen LogP contribution in [-0.4, -0.2) is 35.9 Å². The maximum absolute atomic E-state index is 11.7. The van der Waals surface area contributed by atoms with Gasteiger partial charge in [0.1, 0.15) is 0 Å². The van der Waals surface area contributed by atoms with Gasteiger partial charge in [-0.1, -0.05) is 6.92 Å². The molecule has 0 aliphatic heterocycles. The third-order valence-corrected chi connectivity index (χ3v) is 2.64. The van der Waals surface area contributed by atoms with Crippen LogP contribution in [0.2, 0.25) is 0 Å². The van der Waals surface area contributed by atoms with Gasteiger partial charge >= 0.3 is 0 Å². The summed E-state index contributed by atoms with van der Waals surface area (Å²) in [5.41, 5.74) is 6.65.